The number of aryl methyl sites for hydroxylation is 1. The average molecular weight is 622 g/mol. The molecule has 3 aliphatic rings. The van der Waals surface area contributed by atoms with Crippen molar-refractivity contribution < 1.29 is 4.57 Å². The van der Waals surface area contributed by atoms with Crippen molar-refractivity contribution in [3.8, 4) is 0 Å². The van der Waals surface area contributed by atoms with Crippen LogP contribution in [0.3, 0.4) is 0 Å². The Bertz CT molecular complexity index is 1430. The SMILES string of the molecule is CBr.CCN1/C(=C\C=C2/CCC(/C=C/c3sc4ccccc4[n+]3CC)=C2N2CCCCC2)Sc2ccccc21. The number of alkyl halides is 1. The van der Waals surface area contributed by atoms with Crippen molar-refractivity contribution in [2.75, 3.05) is 30.4 Å². The second-order valence-electron chi connectivity index (χ2n) is 9.92. The molecule has 39 heavy (non-hydrogen) atoms. The fourth-order valence-electron chi connectivity index (χ4n) is 5.91. The maximum atomic E-state index is 2.94. The molecule has 1 saturated heterocycles. The molecular formula is C33H39BrN3S2+. The molecule has 0 amide bonds. The molecule has 204 valence electrons. The van der Waals surface area contributed by atoms with Crippen LogP contribution in [0.4, 0.5) is 5.69 Å². The third kappa shape index (κ3) is 5.94. The van der Waals surface area contributed by atoms with E-state index in [4.69, 9.17) is 0 Å². The molecule has 6 rings (SSSR count). The van der Waals surface area contributed by atoms with Crippen molar-refractivity contribution in [1.29, 1.82) is 0 Å². The first-order valence-electron chi connectivity index (χ1n) is 14.2. The van der Waals surface area contributed by atoms with E-state index in [0.717, 1.165) is 25.9 Å². The van der Waals surface area contributed by atoms with Crippen LogP contribution in [0.5, 0.6) is 0 Å². The number of likely N-dealkylation sites (tertiary alicyclic amines) is 1. The summed E-state index contributed by atoms with van der Waals surface area (Å²) in [4.78, 5) is 6.48. The highest BCUT2D eigenvalue weighted by Gasteiger charge is 2.26. The lowest BCUT2D eigenvalue weighted by molar-refractivity contribution is -0.665. The number of rotatable bonds is 6. The number of anilines is 1. The van der Waals surface area contributed by atoms with Gasteiger partial charge in [-0.15, -0.1) is 0 Å². The van der Waals surface area contributed by atoms with Crippen LogP contribution in [0.1, 0.15) is 51.0 Å². The van der Waals surface area contributed by atoms with Gasteiger partial charge in [0.15, 0.2) is 0 Å². The smallest absolute Gasteiger partial charge is 0.262 e. The molecule has 2 aliphatic heterocycles. The zero-order chi connectivity index (χ0) is 27.2. The second kappa shape index (κ2) is 13.4. The predicted octanol–water partition coefficient (Wildman–Crippen LogP) is 9.17. The quantitative estimate of drug-likeness (QED) is 0.201. The predicted molar refractivity (Wildman–Crippen MR) is 175 cm³/mol. The van der Waals surface area contributed by atoms with Gasteiger partial charge in [0.2, 0.25) is 5.52 Å². The van der Waals surface area contributed by atoms with E-state index in [1.54, 1.807) is 0 Å². The number of halogens is 1. The Labute approximate surface area is 250 Å². The maximum absolute atomic E-state index is 2.94. The molecule has 2 aromatic carbocycles. The van der Waals surface area contributed by atoms with Crippen LogP contribution in [0, 0.1) is 0 Å². The van der Waals surface area contributed by atoms with Crippen LogP contribution in [0.25, 0.3) is 16.3 Å². The first kappa shape index (κ1) is 28.3. The first-order valence-corrected chi connectivity index (χ1v) is 17.4. The Morgan fingerprint density at radius 2 is 1.67 bits per heavy atom. The molecule has 1 fully saturated rings. The largest absolute Gasteiger partial charge is 0.371 e. The lowest BCUT2D eigenvalue weighted by Gasteiger charge is -2.31. The summed E-state index contributed by atoms with van der Waals surface area (Å²) in [5, 5.41) is 2.68. The number of fused-ring (bicyclic) bond motifs is 2. The molecule has 3 aromatic rings. The topological polar surface area (TPSA) is 10.4 Å². The number of thioether (sulfide) groups is 1. The fraction of sp³-hybridized carbons (Fsp3) is 0.364. The maximum Gasteiger partial charge on any atom is 0.262 e. The minimum absolute atomic E-state index is 0.994. The Hall–Kier alpha value is -2.28. The van der Waals surface area contributed by atoms with Crippen molar-refractivity contribution in [1.82, 2.24) is 4.90 Å². The molecule has 1 aliphatic carbocycles. The summed E-state index contributed by atoms with van der Waals surface area (Å²) in [6.07, 6.45) is 15.8. The Morgan fingerprint density at radius 3 is 2.46 bits per heavy atom. The fourth-order valence-corrected chi connectivity index (χ4v) is 8.17. The van der Waals surface area contributed by atoms with Crippen molar-refractivity contribution in [3.05, 3.63) is 93.6 Å². The molecule has 0 radical (unpaired) electrons. The van der Waals surface area contributed by atoms with E-state index in [1.807, 2.05) is 28.9 Å². The Morgan fingerprint density at radius 1 is 0.897 bits per heavy atom. The van der Waals surface area contributed by atoms with E-state index in [9.17, 15) is 0 Å². The van der Waals surface area contributed by atoms with Gasteiger partial charge in [-0.1, -0.05) is 69.4 Å². The van der Waals surface area contributed by atoms with Crippen LogP contribution in [0.2, 0.25) is 0 Å². The summed E-state index contributed by atoms with van der Waals surface area (Å²) in [6, 6.07) is 17.6. The zero-order valence-electron chi connectivity index (χ0n) is 23.3. The molecule has 0 saturated carbocycles. The van der Waals surface area contributed by atoms with Gasteiger partial charge >= 0.3 is 0 Å². The molecule has 0 bridgehead atoms. The minimum Gasteiger partial charge on any atom is -0.371 e. The van der Waals surface area contributed by atoms with Gasteiger partial charge in [-0.2, -0.15) is 4.57 Å². The normalized spacial score (nSPS) is 19.5. The molecule has 1 aromatic heterocycles. The van der Waals surface area contributed by atoms with Crippen LogP contribution < -0.4 is 9.47 Å². The number of benzene rings is 2. The van der Waals surface area contributed by atoms with Gasteiger partial charge in [0, 0.05) is 42.4 Å². The highest BCUT2D eigenvalue weighted by atomic mass is 79.9. The van der Waals surface area contributed by atoms with Crippen LogP contribution in [-0.2, 0) is 6.54 Å². The van der Waals surface area contributed by atoms with Crippen molar-refractivity contribution in [3.63, 3.8) is 0 Å². The van der Waals surface area contributed by atoms with Gasteiger partial charge < -0.3 is 9.80 Å². The summed E-state index contributed by atoms with van der Waals surface area (Å²) in [7, 11) is 0. The Kier molecular flexibility index (Phi) is 9.70. The number of thiazole rings is 1. The number of allylic oxidation sites excluding steroid dienone is 5. The standard InChI is InChI=1S/C32H36N3S2.CH3Br/c1-3-34-26-12-6-8-14-28(26)36-30(34)20-18-24-16-17-25(32(24)33-22-10-5-11-23-33)19-21-31-35(4-2)27-13-7-9-15-29(27)37-31;1-2/h6-9,12-15,18-21H,3-5,10-11,16-17,22-23H2,1-2H3;1H3/q+1;. The molecule has 3 nitrogen and oxygen atoms in total. The van der Waals surface area contributed by atoms with Gasteiger partial charge in [0.1, 0.15) is 11.2 Å². The first-order chi connectivity index (χ1) is 19.3. The monoisotopic (exact) mass is 620 g/mol. The molecule has 3 heterocycles. The second-order valence-corrected chi connectivity index (χ2v) is 12.0. The third-order valence-corrected chi connectivity index (χ3v) is 9.97. The van der Waals surface area contributed by atoms with Crippen molar-refractivity contribution in [2.24, 2.45) is 0 Å². The number of para-hydroxylation sites is 2. The van der Waals surface area contributed by atoms with Gasteiger partial charge in [0.05, 0.1) is 10.7 Å². The van der Waals surface area contributed by atoms with Gasteiger partial charge in [-0.05, 0) is 93.3 Å². The van der Waals surface area contributed by atoms with E-state index >= 15 is 0 Å². The number of nitrogens with zero attached hydrogens (tertiary/aromatic N) is 3. The van der Waals surface area contributed by atoms with E-state index in [2.05, 4.69) is 117 Å². The molecule has 0 N–H and O–H groups in total. The van der Waals surface area contributed by atoms with Crippen LogP contribution >= 0.6 is 39.0 Å². The summed E-state index contributed by atoms with van der Waals surface area (Å²) < 4.78 is 3.81. The van der Waals surface area contributed by atoms with Crippen molar-refractivity contribution in [2.45, 2.75) is 57.4 Å². The van der Waals surface area contributed by atoms with E-state index in [-0.39, 0.29) is 0 Å². The van der Waals surface area contributed by atoms with Gasteiger partial charge in [-0.3, -0.25) is 0 Å². The van der Waals surface area contributed by atoms with Crippen molar-refractivity contribution >= 4 is 61.0 Å². The highest BCUT2D eigenvalue weighted by Crippen LogP contribution is 2.46. The van der Waals surface area contributed by atoms with Gasteiger partial charge in [-0.25, -0.2) is 0 Å². The summed E-state index contributed by atoms with van der Waals surface area (Å²) in [6.45, 7) is 8.85. The van der Waals surface area contributed by atoms with Crippen LogP contribution in [0.15, 0.2) is 93.5 Å². The Balaban J connectivity index is 0.00000151. The summed E-state index contributed by atoms with van der Waals surface area (Å²) in [5.74, 6) is 1.81. The number of hydrogen-bond acceptors (Lipinski definition) is 4. The lowest BCUT2D eigenvalue weighted by Crippen LogP contribution is -2.33. The summed E-state index contributed by atoms with van der Waals surface area (Å²) >= 11 is 6.74. The molecule has 6 heteroatoms. The zero-order valence-corrected chi connectivity index (χ0v) is 26.5. The molecular weight excluding hydrogens is 582 g/mol. The number of aromatic nitrogens is 1. The molecule has 0 unspecified atom stereocenters. The van der Waals surface area contributed by atoms with E-state index < -0.39 is 0 Å². The minimum atomic E-state index is 0.994. The average Bonchev–Trinajstić information content (AvgIpc) is 3.68. The lowest BCUT2D eigenvalue weighted by atomic mass is 10.1. The van der Waals surface area contributed by atoms with Gasteiger partial charge in [0.25, 0.3) is 5.01 Å². The third-order valence-electron chi connectivity index (χ3n) is 7.70. The molecule has 0 spiro atoms. The van der Waals surface area contributed by atoms with E-state index in [1.165, 1.54) is 80.0 Å². The highest BCUT2D eigenvalue weighted by molar-refractivity contribution is 9.08. The summed E-state index contributed by atoms with van der Waals surface area (Å²) in [5.41, 5.74) is 7.19. The van der Waals surface area contributed by atoms with Crippen LogP contribution in [-0.4, -0.2) is 30.4 Å². The number of piperidine rings is 1. The molecule has 0 atom stereocenters. The van der Waals surface area contributed by atoms with E-state index in [0.29, 0.717) is 0 Å². The number of hydrogen-bond donors (Lipinski definition) is 0.